The molecule has 2 amide bonds. The quantitative estimate of drug-likeness (QED) is 0.873. The molecular formula is C16H25N3O2. The van der Waals surface area contributed by atoms with E-state index in [0.717, 1.165) is 38.4 Å². The van der Waals surface area contributed by atoms with Crippen LogP contribution >= 0.6 is 0 Å². The molecule has 1 fully saturated rings. The predicted molar refractivity (Wildman–Crippen MR) is 84.7 cm³/mol. The van der Waals surface area contributed by atoms with Crippen molar-refractivity contribution in [3.8, 4) is 0 Å². The molecule has 0 saturated carbocycles. The van der Waals surface area contributed by atoms with Crippen molar-refractivity contribution in [2.24, 2.45) is 0 Å². The summed E-state index contributed by atoms with van der Waals surface area (Å²) in [7, 11) is 0. The monoisotopic (exact) mass is 291 g/mol. The average Bonchev–Trinajstić information content (AvgIpc) is 2.53. The molecule has 2 rings (SSSR count). The molecule has 1 unspecified atom stereocenters. The highest BCUT2D eigenvalue weighted by Gasteiger charge is 2.17. The summed E-state index contributed by atoms with van der Waals surface area (Å²) in [6.45, 7) is 8.29. The summed E-state index contributed by atoms with van der Waals surface area (Å²) in [5, 5.41) is 5.81. The largest absolute Gasteiger partial charge is 0.379 e. The molecule has 0 aliphatic carbocycles. The maximum atomic E-state index is 11.9. The number of amides is 2. The predicted octanol–water partition coefficient (Wildman–Crippen LogP) is 2.09. The molecule has 116 valence electrons. The lowest BCUT2D eigenvalue weighted by Gasteiger charge is -2.32. The van der Waals surface area contributed by atoms with Crippen molar-refractivity contribution < 1.29 is 9.53 Å². The zero-order valence-electron chi connectivity index (χ0n) is 12.9. The van der Waals surface area contributed by atoms with E-state index in [1.54, 1.807) is 0 Å². The Hall–Kier alpha value is -1.59. The Balaban J connectivity index is 1.76. The van der Waals surface area contributed by atoms with Crippen molar-refractivity contribution in [3.63, 3.8) is 0 Å². The van der Waals surface area contributed by atoms with Crippen LogP contribution in [0.5, 0.6) is 0 Å². The molecule has 0 radical (unpaired) electrons. The van der Waals surface area contributed by atoms with E-state index in [2.05, 4.69) is 35.4 Å². The molecule has 0 spiro atoms. The van der Waals surface area contributed by atoms with E-state index in [0.29, 0.717) is 12.6 Å². The summed E-state index contributed by atoms with van der Waals surface area (Å²) in [5.41, 5.74) is 2.06. The number of nitrogens with zero attached hydrogens (tertiary/aromatic N) is 1. The Bertz CT molecular complexity index is 459. The van der Waals surface area contributed by atoms with Crippen LogP contribution in [0, 0.1) is 0 Å². The van der Waals surface area contributed by atoms with Crippen LogP contribution in [0.4, 0.5) is 10.5 Å². The van der Waals surface area contributed by atoms with Crippen molar-refractivity contribution in [2.75, 3.05) is 38.2 Å². The van der Waals surface area contributed by atoms with Crippen molar-refractivity contribution in [2.45, 2.75) is 26.3 Å². The van der Waals surface area contributed by atoms with Gasteiger partial charge in [0.2, 0.25) is 0 Å². The third-order valence-corrected chi connectivity index (χ3v) is 3.82. The number of anilines is 1. The minimum Gasteiger partial charge on any atom is -0.379 e. The van der Waals surface area contributed by atoms with Gasteiger partial charge >= 0.3 is 6.03 Å². The lowest BCUT2D eigenvalue weighted by molar-refractivity contribution is 0.0209. The molecule has 5 nitrogen and oxygen atoms in total. The number of hydrogen-bond acceptors (Lipinski definition) is 3. The van der Waals surface area contributed by atoms with E-state index < -0.39 is 0 Å². The number of ether oxygens (including phenoxy) is 1. The van der Waals surface area contributed by atoms with Crippen LogP contribution in [-0.2, 0) is 11.2 Å². The van der Waals surface area contributed by atoms with Gasteiger partial charge < -0.3 is 15.4 Å². The Kier molecular flexibility index (Phi) is 6.02. The number of aryl methyl sites for hydroxylation is 1. The van der Waals surface area contributed by atoms with Crippen LogP contribution in [0.15, 0.2) is 24.3 Å². The van der Waals surface area contributed by atoms with Gasteiger partial charge in [0, 0.05) is 31.4 Å². The summed E-state index contributed by atoms with van der Waals surface area (Å²) in [4.78, 5) is 14.3. The van der Waals surface area contributed by atoms with Gasteiger partial charge in [-0.2, -0.15) is 0 Å². The Morgan fingerprint density at radius 2 is 2.14 bits per heavy atom. The Morgan fingerprint density at radius 3 is 2.86 bits per heavy atom. The second-order valence-corrected chi connectivity index (χ2v) is 5.39. The number of hydrogen-bond donors (Lipinski definition) is 2. The summed E-state index contributed by atoms with van der Waals surface area (Å²) in [6.07, 6.45) is 0.963. The van der Waals surface area contributed by atoms with Gasteiger partial charge in [-0.25, -0.2) is 4.79 Å². The van der Waals surface area contributed by atoms with Gasteiger partial charge in [0.15, 0.2) is 0 Å². The number of nitrogens with one attached hydrogen (secondary N) is 2. The molecule has 1 aromatic rings. The fourth-order valence-corrected chi connectivity index (χ4v) is 2.43. The number of benzene rings is 1. The average molecular weight is 291 g/mol. The van der Waals surface area contributed by atoms with Crippen LogP contribution in [0.2, 0.25) is 0 Å². The first kappa shape index (κ1) is 15.8. The van der Waals surface area contributed by atoms with Gasteiger partial charge in [0.1, 0.15) is 0 Å². The minimum atomic E-state index is -0.150. The minimum absolute atomic E-state index is 0.150. The van der Waals surface area contributed by atoms with Gasteiger partial charge in [0.25, 0.3) is 0 Å². The standard InChI is InChI=1S/C16H25N3O2/c1-3-14-5-4-6-15(11-14)18-16(20)17-12-13(2)19-7-9-21-10-8-19/h4-6,11,13H,3,7-10,12H2,1-2H3,(H2,17,18,20). The zero-order valence-corrected chi connectivity index (χ0v) is 12.9. The van der Waals surface area contributed by atoms with E-state index in [4.69, 9.17) is 4.74 Å². The second kappa shape index (κ2) is 8.00. The highest BCUT2D eigenvalue weighted by molar-refractivity contribution is 5.89. The smallest absolute Gasteiger partial charge is 0.319 e. The molecule has 5 heteroatoms. The van der Waals surface area contributed by atoms with Gasteiger partial charge in [-0.05, 0) is 31.0 Å². The summed E-state index contributed by atoms with van der Waals surface area (Å²) in [6, 6.07) is 8.11. The number of rotatable bonds is 5. The normalized spacial score (nSPS) is 17.2. The maximum Gasteiger partial charge on any atom is 0.319 e. The Labute approximate surface area is 126 Å². The highest BCUT2D eigenvalue weighted by Crippen LogP contribution is 2.10. The van der Waals surface area contributed by atoms with Crippen LogP contribution < -0.4 is 10.6 Å². The lowest BCUT2D eigenvalue weighted by atomic mass is 10.1. The maximum absolute atomic E-state index is 11.9. The van der Waals surface area contributed by atoms with Crippen LogP contribution in [-0.4, -0.2) is 49.8 Å². The van der Waals surface area contributed by atoms with Gasteiger partial charge in [-0.3, -0.25) is 4.90 Å². The molecule has 1 aromatic carbocycles. The first-order valence-corrected chi connectivity index (χ1v) is 7.64. The number of carbonyl (C=O) groups is 1. The molecule has 0 bridgehead atoms. The number of morpholine rings is 1. The molecule has 21 heavy (non-hydrogen) atoms. The summed E-state index contributed by atoms with van der Waals surface area (Å²) in [5.74, 6) is 0. The third kappa shape index (κ3) is 5.02. The number of urea groups is 1. The molecule has 1 heterocycles. The summed E-state index contributed by atoms with van der Waals surface area (Å²) >= 11 is 0. The van der Waals surface area contributed by atoms with Crippen molar-refractivity contribution >= 4 is 11.7 Å². The Morgan fingerprint density at radius 1 is 1.38 bits per heavy atom. The van der Waals surface area contributed by atoms with Crippen molar-refractivity contribution in [1.29, 1.82) is 0 Å². The number of carbonyl (C=O) groups excluding carboxylic acids is 1. The molecule has 2 N–H and O–H groups in total. The van der Waals surface area contributed by atoms with Gasteiger partial charge in [-0.15, -0.1) is 0 Å². The molecule has 1 aliphatic rings. The molecule has 1 atom stereocenters. The molecular weight excluding hydrogens is 266 g/mol. The molecule has 1 aliphatic heterocycles. The first-order chi connectivity index (χ1) is 10.2. The topological polar surface area (TPSA) is 53.6 Å². The zero-order chi connectivity index (χ0) is 15.1. The van der Waals surface area contributed by atoms with E-state index in [9.17, 15) is 4.79 Å². The molecule has 0 aromatic heterocycles. The fraction of sp³-hybridized carbons (Fsp3) is 0.562. The van der Waals surface area contributed by atoms with E-state index in [1.165, 1.54) is 5.56 Å². The summed E-state index contributed by atoms with van der Waals surface area (Å²) < 4.78 is 5.33. The fourth-order valence-electron chi connectivity index (χ4n) is 2.43. The third-order valence-electron chi connectivity index (χ3n) is 3.82. The second-order valence-electron chi connectivity index (χ2n) is 5.39. The van der Waals surface area contributed by atoms with Gasteiger partial charge in [0.05, 0.1) is 13.2 Å². The van der Waals surface area contributed by atoms with Crippen molar-refractivity contribution in [3.05, 3.63) is 29.8 Å². The van der Waals surface area contributed by atoms with Gasteiger partial charge in [-0.1, -0.05) is 19.1 Å². The highest BCUT2D eigenvalue weighted by atomic mass is 16.5. The van der Waals surface area contributed by atoms with E-state index in [1.807, 2.05) is 18.2 Å². The lowest BCUT2D eigenvalue weighted by Crippen LogP contribution is -2.47. The van der Waals surface area contributed by atoms with Crippen LogP contribution in [0.25, 0.3) is 0 Å². The van der Waals surface area contributed by atoms with Crippen molar-refractivity contribution in [1.82, 2.24) is 10.2 Å². The SMILES string of the molecule is CCc1cccc(NC(=O)NCC(C)N2CCOCC2)c1. The van der Waals surface area contributed by atoms with Crippen LogP contribution in [0.1, 0.15) is 19.4 Å². The van der Waals surface area contributed by atoms with E-state index in [-0.39, 0.29) is 6.03 Å². The first-order valence-electron chi connectivity index (χ1n) is 7.64. The van der Waals surface area contributed by atoms with Crippen LogP contribution in [0.3, 0.4) is 0 Å². The molecule has 1 saturated heterocycles. The van der Waals surface area contributed by atoms with E-state index >= 15 is 0 Å².